The Bertz CT molecular complexity index is 811. The average molecular weight is 346 g/mol. The molecule has 128 valence electrons. The second-order valence-corrected chi connectivity index (χ2v) is 7.55. The van der Waals surface area contributed by atoms with Gasteiger partial charge < -0.3 is 9.90 Å². The molecule has 0 fully saturated rings. The van der Waals surface area contributed by atoms with Crippen molar-refractivity contribution in [2.75, 3.05) is 4.72 Å². The molecule has 0 bridgehead atoms. The smallest absolute Gasteiger partial charge is 0.261 e. The normalized spacial score (nSPS) is 11.5. The molecule has 0 radical (unpaired) electrons. The fraction of sp³-hybridized carbons (Fsp3) is 0.278. The van der Waals surface area contributed by atoms with E-state index < -0.39 is 16.0 Å². The van der Waals surface area contributed by atoms with Crippen LogP contribution in [0.5, 0.6) is 0 Å². The second kappa shape index (κ2) is 7.49. The molecule has 0 amide bonds. The molecule has 0 aromatic heterocycles. The maximum Gasteiger partial charge on any atom is 0.261 e. The van der Waals surface area contributed by atoms with Crippen LogP contribution >= 0.6 is 0 Å². The number of benzene rings is 2. The highest BCUT2D eigenvalue weighted by atomic mass is 32.2. The number of hydrogen-bond acceptors (Lipinski definition) is 4. The van der Waals surface area contributed by atoms with Gasteiger partial charge in [0.1, 0.15) is 0 Å². The van der Waals surface area contributed by atoms with E-state index >= 15 is 0 Å². The van der Waals surface area contributed by atoms with E-state index in [-0.39, 0.29) is 17.2 Å². The van der Waals surface area contributed by atoms with Crippen LogP contribution in [-0.2, 0) is 21.2 Å². The molecule has 0 atom stereocenters. The van der Waals surface area contributed by atoms with Crippen LogP contribution in [-0.4, -0.2) is 14.4 Å². The Morgan fingerprint density at radius 3 is 2.29 bits per heavy atom. The van der Waals surface area contributed by atoms with Crippen LogP contribution < -0.4 is 9.83 Å². The number of aryl methyl sites for hydroxylation is 1. The number of anilines is 1. The number of carbonyl (C=O) groups excluding carboxylic acids is 1. The average Bonchev–Trinajstić information content (AvgIpc) is 2.53. The van der Waals surface area contributed by atoms with Crippen molar-refractivity contribution < 1.29 is 18.3 Å². The summed E-state index contributed by atoms with van der Waals surface area (Å²) in [5.74, 6) is -0.936. The molecular weight excluding hydrogens is 326 g/mol. The summed E-state index contributed by atoms with van der Waals surface area (Å²) in [6.45, 7) is 4.00. The highest BCUT2D eigenvalue weighted by molar-refractivity contribution is 7.92. The summed E-state index contributed by atoms with van der Waals surface area (Å²) < 4.78 is 27.7. The number of aliphatic carboxylic acids is 1. The van der Waals surface area contributed by atoms with Gasteiger partial charge in [0.2, 0.25) is 0 Å². The molecule has 0 saturated heterocycles. The lowest BCUT2D eigenvalue weighted by Crippen LogP contribution is -2.22. The SMILES string of the molecule is CC(C)c1ccccc1NS(=O)(=O)c1ccc(CCC(=O)[O-])cc1. The van der Waals surface area contributed by atoms with E-state index in [0.29, 0.717) is 12.1 Å². The Labute approximate surface area is 142 Å². The maximum absolute atomic E-state index is 12.5. The lowest BCUT2D eigenvalue weighted by atomic mass is 10.0. The minimum absolute atomic E-state index is 0.0912. The van der Waals surface area contributed by atoms with Gasteiger partial charge in [-0.3, -0.25) is 4.72 Å². The van der Waals surface area contributed by atoms with Crippen molar-refractivity contribution in [1.82, 2.24) is 0 Å². The second-order valence-electron chi connectivity index (χ2n) is 5.86. The largest absolute Gasteiger partial charge is 0.550 e. The first-order chi connectivity index (χ1) is 11.3. The predicted octanol–water partition coefficient (Wildman–Crippen LogP) is 2.29. The zero-order valence-electron chi connectivity index (χ0n) is 13.7. The van der Waals surface area contributed by atoms with Crippen molar-refractivity contribution in [3.63, 3.8) is 0 Å². The topological polar surface area (TPSA) is 86.3 Å². The zero-order valence-corrected chi connectivity index (χ0v) is 14.5. The van der Waals surface area contributed by atoms with Gasteiger partial charge in [-0.2, -0.15) is 0 Å². The Kier molecular flexibility index (Phi) is 5.62. The van der Waals surface area contributed by atoms with Crippen molar-refractivity contribution in [3.05, 3.63) is 59.7 Å². The van der Waals surface area contributed by atoms with Crippen LogP contribution in [0.2, 0.25) is 0 Å². The third-order valence-electron chi connectivity index (χ3n) is 3.68. The Morgan fingerprint density at radius 1 is 1.08 bits per heavy atom. The Balaban J connectivity index is 2.20. The van der Waals surface area contributed by atoms with Gasteiger partial charge in [-0.1, -0.05) is 44.2 Å². The van der Waals surface area contributed by atoms with E-state index in [9.17, 15) is 18.3 Å². The summed E-state index contributed by atoms with van der Waals surface area (Å²) in [5.41, 5.74) is 2.24. The number of nitrogens with one attached hydrogen (secondary N) is 1. The van der Waals surface area contributed by atoms with E-state index in [4.69, 9.17) is 0 Å². The van der Waals surface area contributed by atoms with Gasteiger partial charge in [0.25, 0.3) is 10.0 Å². The van der Waals surface area contributed by atoms with E-state index in [0.717, 1.165) is 11.1 Å². The molecule has 0 aliphatic carbocycles. The van der Waals surface area contributed by atoms with Gasteiger partial charge in [0.05, 0.1) is 10.6 Å². The number of hydrogen-bond donors (Lipinski definition) is 1. The van der Waals surface area contributed by atoms with Gasteiger partial charge in [-0.25, -0.2) is 8.42 Å². The monoisotopic (exact) mass is 346 g/mol. The Morgan fingerprint density at radius 2 is 1.71 bits per heavy atom. The predicted molar refractivity (Wildman–Crippen MR) is 91.1 cm³/mol. The number of sulfonamides is 1. The summed E-state index contributed by atoms with van der Waals surface area (Å²) in [6.07, 6.45) is 0.221. The lowest BCUT2D eigenvalue weighted by Gasteiger charge is -2.15. The van der Waals surface area contributed by atoms with Crippen molar-refractivity contribution in [1.29, 1.82) is 0 Å². The van der Waals surface area contributed by atoms with Crippen molar-refractivity contribution in [3.8, 4) is 0 Å². The van der Waals surface area contributed by atoms with E-state index in [1.54, 1.807) is 24.3 Å². The van der Waals surface area contributed by atoms with Crippen molar-refractivity contribution in [2.45, 2.75) is 37.5 Å². The van der Waals surface area contributed by atoms with Gasteiger partial charge in [0, 0.05) is 5.97 Å². The molecule has 0 unspecified atom stereocenters. The zero-order chi connectivity index (χ0) is 17.7. The molecule has 5 nitrogen and oxygen atoms in total. The van der Waals surface area contributed by atoms with Gasteiger partial charge >= 0.3 is 0 Å². The molecule has 1 N–H and O–H groups in total. The Hall–Kier alpha value is -2.34. The fourth-order valence-corrected chi connectivity index (χ4v) is 3.47. The van der Waals surface area contributed by atoms with E-state index in [1.165, 1.54) is 12.1 Å². The van der Waals surface area contributed by atoms with Crippen LogP contribution in [0, 0.1) is 0 Å². The first kappa shape index (κ1) is 18.0. The molecule has 0 aliphatic heterocycles. The first-order valence-electron chi connectivity index (χ1n) is 7.70. The summed E-state index contributed by atoms with van der Waals surface area (Å²) >= 11 is 0. The standard InChI is InChI=1S/C18H21NO4S/c1-13(2)16-5-3-4-6-17(16)19-24(22,23)15-10-7-14(8-11-15)9-12-18(20)21/h3-8,10-11,13,19H,9,12H2,1-2H3,(H,20,21)/p-1. The summed E-state index contributed by atoms with van der Waals surface area (Å²) in [4.78, 5) is 10.6. The fourth-order valence-electron chi connectivity index (χ4n) is 2.38. The molecule has 2 aromatic carbocycles. The highest BCUT2D eigenvalue weighted by Crippen LogP contribution is 2.26. The van der Waals surface area contributed by atoms with Crippen LogP contribution in [0.1, 0.15) is 37.3 Å². The quantitative estimate of drug-likeness (QED) is 0.833. The third-order valence-corrected chi connectivity index (χ3v) is 5.06. The van der Waals surface area contributed by atoms with Gasteiger partial charge in [-0.05, 0) is 48.1 Å². The third kappa shape index (κ3) is 4.58. The highest BCUT2D eigenvalue weighted by Gasteiger charge is 2.16. The summed E-state index contributed by atoms with van der Waals surface area (Å²) in [5, 5.41) is 10.5. The maximum atomic E-state index is 12.5. The van der Waals surface area contributed by atoms with Crippen LogP contribution in [0.4, 0.5) is 5.69 Å². The van der Waals surface area contributed by atoms with Gasteiger partial charge in [0.15, 0.2) is 0 Å². The number of carbonyl (C=O) groups is 1. The number of para-hydroxylation sites is 1. The molecular formula is C18H20NO4S-. The molecule has 24 heavy (non-hydrogen) atoms. The first-order valence-corrected chi connectivity index (χ1v) is 9.18. The molecule has 2 aromatic rings. The summed E-state index contributed by atoms with van der Waals surface area (Å²) in [7, 11) is -3.70. The lowest BCUT2D eigenvalue weighted by molar-refractivity contribution is -0.305. The van der Waals surface area contributed by atoms with E-state index in [2.05, 4.69) is 4.72 Å². The minimum Gasteiger partial charge on any atom is -0.550 e. The van der Waals surface area contributed by atoms with Crippen molar-refractivity contribution >= 4 is 21.7 Å². The molecule has 0 heterocycles. The number of rotatable bonds is 7. The summed E-state index contributed by atoms with van der Waals surface area (Å²) in [6, 6.07) is 13.5. The minimum atomic E-state index is -3.70. The van der Waals surface area contributed by atoms with E-state index in [1.807, 2.05) is 26.0 Å². The number of carboxylic acids is 1. The van der Waals surface area contributed by atoms with Gasteiger partial charge in [-0.15, -0.1) is 0 Å². The molecule has 2 rings (SSSR count). The van der Waals surface area contributed by atoms with Crippen molar-refractivity contribution in [2.24, 2.45) is 0 Å². The van der Waals surface area contributed by atoms with Crippen LogP contribution in [0.3, 0.4) is 0 Å². The molecule has 6 heteroatoms. The molecule has 0 aliphatic rings. The molecule has 0 saturated carbocycles. The number of carboxylic acid groups (broad SMARTS) is 1. The van der Waals surface area contributed by atoms with Crippen LogP contribution in [0.25, 0.3) is 0 Å². The van der Waals surface area contributed by atoms with Crippen LogP contribution in [0.15, 0.2) is 53.4 Å². The molecule has 0 spiro atoms.